The minimum Gasteiger partial charge on any atom is -0.340 e. The van der Waals surface area contributed by atoms with Crippen molar-refractivity contribution in [2.24, 2.45) is 0 Å². The molecule has 1 amide bonds. The standard InChI is InChI=1S/C21H21Cl2N3O3S/c22-16-4-3-14(10-17(16)23)25-20-19-13-2-1-12(9-13)18(19)15(11-24-20)21(27)26-5-7-30(28,29)8-6-26/h3-4,10-13H,1-2,5-9H2,(H,24,25). The summed E-state index contributed by atoms with van der Waals surface area (Å²) >= 11 is 12.2. The van der Waals surface area contributed by atoms with Crippen LogP contribution in [0.3, 0.4) is 0 Å². The van der Waals surface area contributed by atoms with Gasteiger partial charge in [0.25, 0.3) is 5.91 Å². The summed E-state index contributed by atoms with van der Waals surface area (Å²) in [5.74, 6) is 1.44. The number of fused-ring (bicyclic) bond motifs is 5. The van der Waals surface area contributed by atoms with Gasteiger partial charge in [-0.25, -0.2) is 13.4 Å². The van der Waals surface area contributed by atoms with Crippen molar-refractivity contribution in [1.29, 1.82) is 0 Å². The number of rotatable bonds is 3. The minimum atomic E-state index is -3.04. The van der Waals surface area contributed by atoms with Gasteiger partial charge in [-0.05, 0) is 54.9 Å². The number of carbonyl (C=O) groups excluding carboxylic acids is 1. The molecule has 2 aliphatic carbocycles. The van der Waals surface area contributed by atoms with Gasteiger partial charge in [-0.3, -0.25) is 4.79 Å². The molecule has 30 heavy (non-hydrogen) atoms. The Hall–Kier alpha value is -1.83. The molecule has 158 valence electrons. The number of carbonyl (C=O) groups is 1. The molecule has 2 fully saturated rings. The number of amides is 1. The third-order valence-corrected chi connectivity index (χ3v) is 8.80. The molecule has 2 heterocycles. The van der Waals surface area contributed by atoms with E-state index in [1.165, 1.54) is 0 Å². The maximum Gasteiger partial charge on any atom is 0.255 e. The van der Waals surface area contributed by atoms with Crippen LogP contribution < -0.4 is 5.32 Å². The number of benzene rings is 1. The van der Waals surface area contributed by atoms with E-state index in [0.717, 1.165) is 41.9 Å². The van der Waals surface area contributed by atoms with Crippen molar-refractivity contribution < 1.29 is 13.2 Å². The number of anilines is 2. The Bertz CT molecular complexity index is 1140. The van der Waals surface area contributed by atoms with Crippen molar-refractivity contribution in [3.63, 3.8) is 0 Å². The third kappa shape index (κ3) is 3.47. The highest BCUT2D eigenvalue weighted by molar-refractivity contribution is 7.91. The second kappa shape index (κ2) is 7.39. The molecular weight excluding hydrogens is 445 g/mol. The second-order valence-corrected chi connectivity index (χ2v) is 11.4. The average molecular weight is 466 g/mol. The molecule has 1 aliphatic heterocycles. The van der Waals surface area contributed by atoms with Crippen molar-refractivity contribution in [3.8, 4) is 0 Å². The lowest BCUT2D eigenvalue weighted by molar-refractivity contribution is 0.0768. The summed E-state index contributed by atoms with van der Waals surface area (Å²) in [6, 6.07) is 5.35. The molecule has 1 N–H and O–H groups in total. The van der Waals surface area contributed by atoms with Crippen LogP contribution in [0.5, 0.6) is 0 Å². The summed E-state index contributed by atoms with van der Waals surface area (Å²) in [6.07, 6.45) is 4.84. The lowest BCUT2D eigenvalue weighted by atomic mass is 9.88. The summed E-state index contributed by atoms with van der Waals surface area (Å²) in [6.45, 7) is 0.487. The highest BCUT2D eigenvalue weighted by Crippen LogP contribution is 2.56. The van der Waals surface area contributed by atoms with Gasteiger partial charge in [-0.15, -0.1) is 0 Å². The molecule has 2 bridgehead atoms. The maximum absolute atomic E-state index is 13.2. The van der Waals surface area contributed by atoms with Gasteiger partial charge in [-0.1, -0.05) is 23.2 Å². The van der Waals surface area contributed by atoms with Crippen LogP contribution in [0.15, 0.2) is 24.4 Å². The topological polar surface area (TPSA) is 79.4 Å². The molecule has 1 aromatic carbocycles. The van der Waals surface area contributed by atoms with Gasteiger partial charge in [0.15, 0.2) is 9.84 Å². The van der Waals surface area contributed by atoms with E-state index in [1.807, 2.05) is 6.07 Å². The van der Waals surface area contributed by atoms with E-state index in [0.29, 0.717) is 27.4 Å². The van der Waals surface area contributed by atoms with Crippen LogP contribution in [-0.4, -0.2) is 48.8 Å². The van der Waals surface area contributed by atoms with E-state index < -0.39 is 9.84 Å². The number of pyridine rings is 1. The zero-order valence-electron chi connectivity index (χ0n) is 16.2. The first-order valence-electron chi connectivity index (χ1n) is 10.1. The van der Waals surface area contributed by atoms with Crippen molar-refractivity contribution in [3.05, 3.63) is 51.1 Å². The van der Waals surface area contributed by atoms with E-state index in [4.69, 9.17) is 23.2 Å². The fourth-order valence-electron chi connectivity index (χ4n) is 4.97. The average Bonchev–Trinajstić information content (AvgIpc) is 3.33. The van der Waals surface area contributed by atoms with Crippen molar-refractivity contribution in [2.45, 2.75) is 31.1 Å². The summed E-state index contributed by atoms with van der Waals surface area (Å²) in [5, 5.41) is 4.31. The van der Waals surface area contributed by atoms with Gasteiger partial charge in [0.2, 0.25) is 0 Å². The summed E-state index contributed by atoms with van der Waals surface area (Å²) in [7, 11) is -3.04. The summed E-state index contributed by atoms with van der Waals surface area (Å²) in [5.41, 5.74) is 3.62. The Kier molecular flexibility index (Phi) is 4.95. The second-order valence-electron chi connectivity index (χ2n) is 8.25. The molecule has 0 radical (unpaired) electrons. The monoisotopic (exact) mass is 465 g/mol. The Balaban J connectivity index is 1.49. The Morgan fingerprint density at radius 3 is 2.47 bits per heavy atom. The fraction of sp³-hybridized carbons (Fsp3) is 0.429. The van der Waals surface area contributed by atoms with Crippen molar-refractivity contribution in [1.82, 2.24) is 9.88 Å². The van der Waals surface area contributed by atoms with Crippen LogP contribution >= 0.6 is 23.2 Å². The van der Waals surface area contributed by atoms with E-state index in [1.54, 1.807) is 23.2 Å². The number of hydrogen-bond donors (Lipinski definition) is 1. The van der Waals surface area contributed by atoms with E-state index in [2.05, 4.69) is 10.3 Å². The third-order valence-electron chi connectivity index (χ3n) is 6.45. The first kappa shape index (κ1) is 20.1. The normalized spacial score (nSPS) is 24.0. The van der Waals surface area contributed by atoms with Gasteiger partial charge in [0.1, 0.15) is 5.82 Å². The summed E-state index contributed by atoms with van der Waals surface area (Å²) in [4.78, 5) is 19.5. The highest BCUT2D eigenvalue weighted by atomic mass is 35.5. The van der Waals surface area contributed by atoms with Crippen molar-refractivity contribution in [2.75, 3.05) is 29.9 Å². The van der Waals surface area contributed by atoms with Crippen LogP contribution in [-0.2, 0) is 9.84 Å². The Morgan fingerprint density at radius 1 is 1.07 bits per heavy atom. The van der Waals surface area contributed by atoms with Crippen LogP contribution in [0.2, 0.25) is 10.0 Å². The lowest BCUT2D eigenvalue weighted by Gasteiger charge is -2.29. The molecule has 1 saturated carbocycles. The molecule has 6 nitrogen and oxygen atoms in total. The number of nitrogens with zero attached hydrogens (tertiary/aromatic N) is 2. The first-order valence-corrected chi connectivity index (χ1v) is 12.6. The van der Waals surface area contributed by atoms with Crippen LogP contribution in [0.25, 0.3) is 0 Å². The molecule has 1 saturated heterocycles. The fourth-order valence-corrected chi connectivity index (χ4v) is 6.47. The molecule has 2 unspecified atom stereocenters. The molecule has 1 aromatic heterocycles. The molecular formula is C21H21Cl2N3O3S. The van der Waals surface area contributed by atoms with Crippen LogP contribution in [0, 0.1) is 0 Å². The molecule has 2 aromatic rings. The van der Waals surface area contributed by atoms with Crippen LogP contribution in [0.4, 0.5) is 11.5 Å². The predicted octanol–water partition coefficient (Wildman–Crippen LogP) is 4.37. The van der Waals surface area contributed by atoms with E-state index >= 15 is 0 Å². The highest BCUT2D eigenvalue weighted by Gasteiger charge is 2.42. The number of hydrogen-bond acceptors (Lipinski definition) is 5. The minimum absolute atomic E-state index is 0.0252. The number of sulfone groups is 1. The molecule has 2 atom stereocenters. The first-order chi connectivity index (χ1) is 14.3. The van der Waals surface area contributed by atoms with Gasteiger partial charge in [0, 0.05) is 30.5 Å². The van der Waals surface area contributed by atoms with Gasteiger partial charge in [-0.2, -0.15) is 0 Å². The molecule has 5 rings (SSSR count). The Morgan fingerprint density at radius 2 is 1.77 bits per heavy atom. The Labute approximate surface area is 185 Å². The molecule has 0 spiro atoms. The number of halogens is 2. The molecule has 3 aliphatic rings. The smallest absolute Gasteiger partial charge is 0.255 e. The van der Waals surface area contributed by atoms with Gasteiger partial charge >= 0.3 is 0 Å². The SMILES string of the molecule is O=C(c1cnc(Nc2ccc(Cl)c(Cl)c2)c2c1C1CCC2C1)N1CCS(=O)(=O)CC1. The van der Waals surface area contributed by atoms with Crippen molar-refractivity contribution >= 4 is 50.5 Å². The maximum atomic E-state index is 13.2. The largest absolute Gasteiger partial charge is 0.340 e. The summed E-state index contributed by atoms with van der Waals surface area (Å²) < 4.78 is 23.5. The predicted molar refractivity (Wildman–Crippen MR) is 118 cm³/mol. The number of aromatic nitrogens is 1. The van der Waals surface area contributed by atoms with E-state index in [9.17, 15) is 13.2 Å². The van der Waals surface area contributed by atoms with Gasteiger partial charge < -0.3 is 10.2 Å². The van der Waals surface area contributed by atoms with Crippen LogP contribution in [0.1, 0.15) is 52.6 Å². The lowest BCUT2D eigenvalue weighted by Crippen LogP contribution is -2.44. The zero-order valence-corrected chi connectivity index (χ0v) is 18.5. The number of nitrogens with one attached hydrogen (secondary N) is 1. The van der Waals surface area contributed by atoms with Gasteiger partial charge in [0.05, 0.1) is 27.1 Å². The molecule has 9 heteroatoms. The van der Waals surface area contributed by atoms with E-state index in [-0.39, 0.29) is 30.5 Å². The zero-order chi connectivity index (χ0) is 21.0. The quantitative estimate of drug-likeness (QED) is 0.727.